The van der Waals surface area contributed by atoms with E-state index in [1.165, 1.54) is 11.8 Å². The molecule has 1 amide bonds. The summed E-state index contributed by atoms with van der Waals surface area (Å²) in [4.78, 5) is 10.6. The van der Waals surface area contributed by atoms with E-state index in [1.54, 1.807) is 18.5 Å². The average molecular weight is 265 g/mol. The van der Waals surface area contributed by atoms with E-state index in [2.05, 4.69) is 0 Å². The Morgan fingerprint density at radius 1 is 1.31 bits per heavy atom. The number of carbonyl (C=O) groups excluding carboxylic acids is 1. The van der Waals surface area contributed by atoms with Crippen molar-refractivity contribution in [2.24, 2.45) is 0 Å². The van der Waals surface area contributed by atoms with Crippen LogP contribution in [0.2, 0.25) is 0 Å². The van der Waals surface area contributed by atoms with E-state index >= 15 is 0 Å². The predicted octanol–water partition coefficient (Wildman–Crippen LogP) is 2.44. The van der Waals surface area contributed by atoms with E-state index in [0.29, 0.717) is 6.42 Å². The molecule has 8 heteroatoms. The van der Waals surface area contributed by atoms with Gasteiger partial charge in [-0.25, -0.2) is 0 Å². The summed E-state index contributed by atoms with van der Waals surface area (Å²) in [6.07, 6.45) is -3.74. The molecule has 1 unspecified atom stereocenters. The van der Waals surface area contributed by atoms with Crippen LogP contribution in [0.5, 0.6) is 0 Å². The number of rotatable bonds is 5. The van der Waals surface area contributed by atoms with Crippen LogP contribution in [0, 0.1) is 0 Å². The molecule has 96 valence electrons. The highest BCUT2D eigenvalue weighted by Gasteiger charge is 2.63. The van der Waals surface area contributed by atoms with Gasteiger partial charge in [0, 0.05) is 11.8 Å². The Bertz CT molecular complexity index is 243. The van der Waals surface area contributed by atoms with Gasteiger partial charge in [-0.1, -0.05) is 6.92 Å². The highest BCUT2D eigenvalue weighted by atomic mass is 32.2. The Hall–Kier alpha value is -0.530. The number of hydrogen-bond donors (Lipinski definition) is 1. The zero-order chi connectivity index (χ0) is 13.0. The van der Waals surface area contributed by atoms with E-state index in [9.17, 15) is 26.7 Å². The molecule has 0 aliphatic rings. The minimum atomic E-state index is -5.85. The third kappa shape index (κ3) is 4.15. The van der Waals surface area contributed by atoms with Crippen LogP contribution in [0.4, 0.5) is 22.0 Å². The maximum absolute atomic E-state index is 12.4. The van der Waals surface area contributed by atoms with Gasteiger partial charge in [0.15, 0.2) is 0 Å². The SMILES string of the molecule is CSC(C)CCNC(=O)C(F)(F)C(F)(F)F. The molecular formula is C8H12F5NOS. The maximum Gasteiger partial charge on any atom is 0.463 e. The zero-order valence-electron chi connectivity index (χ0n) is 8.70. The van der Waals surface area contributed by atoms with Gasteiger partial charge in [0.25, 0.3) is 5.91 Å². The zero-order valence-corrected chi connectivity index (χ0v) is 9.51. The first-order valence-corrected chi connectivity index (χ1v) is 5.67. The van der Waals surface area contributed by atoms with E-state index < -0.39 is 18.0 Å². The highest BCUT2D eigenvalue weighted by Crippen LogP contribution is 2.35. The number of halogens is 5. The molecule has 0 bridgehead atoms. The summed E-state index contributed by atoms with van der Waals surface area (Å²) in [6.45, 7) is 1.57. The second-order valence-electron chi connectivity index (χ2n) is 3.16. The average Bonchev–Trinajstić information content (AvgIpc) is 2.15. The second-order valence-corrected chi connectivity index (χ2v) is 4.44. The van der Waals surface area contributed by atoms with Crippen molar-refractivity contribution in [3.63, 3.8) is 0 Å². The molecule has 2 nitrogen and oxygen atoms in total. The lowest BCUT2D eigenvalue weighted by Crippen LogP contribution is -2.50. The van der Waals surface area contributed by atoms with E-state index in [-0.39, 0.29) is 11.8 Å². The van der Waals surface area contributed by atoms with Gasteiger partial charge in [0.05, 0.1) is 0 Å². The van der Waals surface area contributed by atoms with Crippen molar-refractivity contribution in [1.29, 1.82) is 0 Å². The quantitative estimate of drug-likeness (QED) is 0.774. The van der Waals surface area contributed by atoms with Gasteiger partial charge in [-0.2, -0.15) is 33.7 Å². The van der Waals surface area contributed by atoms with Gasteiger partial charge >= 0.3 is 12.1 Å². The van der Waals surface area contributed by atoms with Crippen LogP contribution in [0.25, 0.3) is 0 Å². The second kappa shape index (κ2) is 5.70. The number of hydrogen-bond acceptors (Lipinski definition) is 2. The van der Waals surface area contributed by atoms with Crippen LogP contribution >= 0.6 is 11.8 Å². The molecule has 0 aromatic carbocycles. The van der Waals surface area contributed by atoms with Crippen molar-refractivity contribution in [2.45, 2.75) is 30.7 Å². The summed E-state index contributed by atoms with van der Waals surface area (Å²) in [7, 11) is 0. The van der Waals surface area contributed by atoms with E-state index in [1.807, 2.05) is 0 Å². The van der Waals surface area contributed by atoms with Crippen molar-refractivity contribution >= 4 is 17.7 Å². The molecule has 16 heavy (non-hydrogen) atoms. The first kappa shape index (κ1) is 15.5. The lowest BCUT2D eigenvalue weighted by atomic mass is 10.3. The van der Waals surface area contributed by atoms with Crippen molar-refractivity contribution in [1.82, 2.24) is 5.32 Å². The van der Waals surface area contributed by atoms with E-state index in [0.717, 1.165) is 0 Å². The molecule has 0 saturated carbocycles. The van der Waals surface area contributed by atoms with Gasteiger partial charge in [-0.3, -0.25) is 4.79 Å². The minimum Gasteiger partial charge on any atom is -0.351 e. The number of thioether (sulfide) groups is 1. The number of amides is 1. The lowest BCUT2D eigenvalue weighted by Gasteiger charge is -2.19. The molecule has 0 heterocycles. The molecule has 0 spiro atoms. The summed E-state index contributed by atoms with van der Waals surface area (Å²) in [5, 5.41) is 1.66. The Morgan fingerprint density at radius 3 is 2.19 bits per heavy atom. The van der Waals surface area contributed by atoms with Crippen molar-refractivity contribution in [2.75, 3.05) is 12.8 Å². The Labute approximate surface area is 94.0 Å². The van der Waals surface area contributed by atoms with Gasteiger partial charge in [-0.05, 0) is 12.7 Å². The Balaban J connectivity index is 4.17. The third-order valence-electron chi connectivity index (χ3n) is 1.88. The van der Waals surface area contributed by atoms with Gasteiger partial charge in [0.2, 0.25) is 0 Å². The van der Waals surface area contributed by atoms with Crippen molar-refractivity contribution in [3.05, 3.63) is 0 Å². The summed E-state index contributed by atoms with van der Waals surface area (Å²) in [6, 6.07) is 0. The molecule has 1 atom stereocenters. The normalized spacial score (nSPS) is 14.7. The molecule has 0 aliphatic heterocycles. The molecule has 0 aromatic rings. The first-order valence-electron chi connectivity index (χ1n) is 4.38. The standard InChI is InChI=1S/C8H12F5NOS/c1-5(16-2)3-4-14-6(15)7(9,10)8(11,12)13/h5H,3-4H2,1-2H3,(H,14,15). The summed E-state index contributed by atoms with van der Waals surface area (Å²) in [5.74, 6) is -7.62. The maximum atomic E-state index is 12.4. The van der Waals surface area contributed by atoms with Crippen LogP contribution in [-0.2, 0) is 4.79 Å². The summed E-state index contributed by atoms with van der Waals surface area (Å²) < 4.78 is 59.9. The molecule has 0 radical (unpaired) electrons. The molecule has 0 aliphatic carbocycles. The van der Waals surface area contributed by atoms with E-state index in [4.69, 9.17) is 0 Å². The Kier molecular flexibility index (Phi) is 5.51. The number of carbonyl (C=O) groups is 1. The Morgan fingerprint density at radius 2 is 1.81 bits per heavy atom. The number of nitrogens with one attached hydrogen (secondary N) is 1. The van der Waals surface area contributed by atoms with Crippen LogP contribution in [0.3, 0.4) is 0 Å². The third-order valence-corrected chi connectivity index (χ3v) is 2.92. The van der Waals surface area contributed by atoms with Crippen LogP contribution in [-0.4, -0.2) is 36.1 Å². The van der Waals surface area contributed by atoms with Crippen LogP contribution in [0.1, 0.15) is 13.3 Å². The molecule has 0 saturated heterocycles. The molecule has 0 fully saturated rings. The largest absolute Gasteiger partial charge is 0.463 e. The molecule has 1 N–H and O–H groups in total. The number of alkyl halides is 5. The smallest absolute Gasteiger partial charge is 0.351 e. The van der Waals surface area contributed by atoms with Crippen LogP contribution < -0.4 is 5.32 Å². The first-order chi connectivity index (χ1) is 7.13. The molecular weight excluding hydrogens is 253 g/mol. The fraction of sp³-hybridized carbons (Fsp3) is 0.875. The monoisotopic (exact) mass is 265 g/mol. The topological polar surface area (TPSA) is 29.1 Å². The fourth-order valence-electron chi connectivity index (χ4n) is 0.747. The van der Waals surface area contributed by atoms with Crippen molar-refractivity contribution < 1.29 is 26.7 Å². The minimum absolute atomic E-state index is 0.0832. The summed E-state index contributed by atoms with van der Waals surface area (Å²) >= 11 is 1.43. The van der Waals surface area contributed by atoms with Gasteiger partial charge < -0.3 is 5.32 Å². The highest BCUT2D eigenvalue weighted by molar-refractivity contribution is 7.99. The molecule has 0 rings (SSSR count). The fourth-order valence-corrected chi connectivity index (χ4v) is 1.10. The predicted molar refractivity (Wildman–Crippen MR) is 51.6 cm³/mol. The molecule has 0 aromatic heterocycles. The van der Waals surface area contributed by atoms with Gasteiger partial charge in [-0.15, -0.1) is 0 Å². The van der Waals surface area contributed by atoms with Crippen LogP contribution in [0.15, 0.2) is 0 Å². The summed E-state index contributed by atoms with van der Waals surface area (Å²) in [5.41, 5.74) is 0. The lowest BCUT2D eigenvalue weighted by molar-refractivity contribution is -0.269. The van der Waals surface area contributed by atoms with Gasteiger partial charge in [0.1, 0.15) is 0 Å². The van der Waals surface area contributed by atoms with Crippen molar-refractivity contribution in [3.8, 4) is 0 Å².